The molecule has 2 aliphatic heterocycles. The van der Waals surface area contributed by atoms with Crippen LogP contribution in [-0.2, 0) is 41.2 Å². The van der Waals surface area contributed by atoms with Gasteiger partial charge in [-0.2, -0.15) is 0 Å². The van der Waals surface area contributed by atoms with Crippen molar-refractivity contribution in [3.63, 3.8) is 0 Å². The van der Waals surface area contributed by atoms with Gasteiger partial charge in [-0.3, -0.25) is 0 Å². The Morgan fingerprint density at radius 2 is 1.32 bits per heavy atom. The Hall–Kier alpha value is -3.85. The minimum absolute atomic E-state index is 0.0983. The number of benzene rings is 4. The number of esters is 1. The third-order valence-corrected chi connectivity index (χ3v) is 14.1. The van der Waals surface area contributed by atoms with Gasteiger partial charge in [0.2, 0.25) is 0 Å². The maximum absolute atomic E-state index is 13.0. The molecule has 6 rings (SSSR count). The van der Waals surface area contributed by atoms with Crippen LogP contribution in [0.4, 0.5) is 0 Å². The van der Waals surface area contributed by atoms with Crippen molar-refractivity contribution in [2.24, 2.45) is 0 Å². The Morgan fingerprint density at radius 1 is 0.766 bits per heavy atom. The summed E-state index contributed by atoms with van der Waals surface area (Å²) in [5.74, 6) is -0.421. The quantitative estimate of drug-likeness (QED) is 0.105. The summed E-state index contributed by atoms with van der Waals surface area (Å²) in [7, 11) is -2.64. The lowest BCUT2D eigenvalue weighted by molar-refractivity contribution is -0.147. The zero-order valence-corrected chi connectivity index (χ0v) is 28.4. The molecular formula is C40H44O6Si. The molecule has 0 radical (unpaired) electrons. The molecule has 7 heteroatoms. The predicted molar refractivity (Wildman–Crippen MR) is 187 cm³/mol. The van der Waals surface area contributed by atoms with Crippen molar-refractivity contribution >= 4 is 30.7 Å². The van der Waals surface area contributed by atoms with Crippen molar-refractivity contribution in [3.8, 4) is 0 Å². The van der Waals surface area contributed by atoms with Crippen LogP contribution >= 0.6 is 0 Å². The first-order chi connectivity index (χ1) is 22.8. The van der Waals surface area contributed by atoms with E-state index in [2.05, 4.69) is 87.5 Å². The second-order valence-corrected chi connectivity index (χ2v) is 17.5. The molecule has 2 heterocycles. The Labute approximate surface area is 279 Å². The van der Waals surface area contributed by atoms with Crippen molar-refractivity contribution in [1.29, 1.82) is 0 Å². The Kier molecular flexibility index (Phi) is 10.5. The number of carbonyl (C=O) groups excluding carboxylic acids is 1. The molecule has 0 unspecified atom stereocenters. The van der Waals surface area contributed by atoms with Crippen molar-refractivity contribution in [2.75, 3.05) is 19.8 Å². The van der Waals surface area contributed by atoms with Crippen molar-refractivity contribution in [1.82, 2.24) is 0 Å². The minimum atomic E-state index is -2.64. The summed E-state index contributed by atoms with van der Waals surface area (Å²) < 4.78 is 31.0. The van der Waals surface area contributed by atoms with Gasteiger partial charge in [-0.1, -0.05) is 136 Å². The molecule has 47 heavy (non-hydrogen) atoms. The van der Waals surface area contributed by atoms with Crippen LogP contribution in [0.15, 0.2) is 121 Å². The molecular weight excluding hydrogens is 605 g/mol. The second kappa shape index (κ2) is 14.9. The smallest absolute Gasteiger partial charge is 0.331 e. The highest BCUT2D eigenvalue weighted by Crippen LogP contribution is 2.37. The molecule has 0 aliphatic carbocycles. The van der Waals surface area contributed by atoms with E-state index >= 15 is 0 Å². The molecule has 2 aliphatic rings. The summed E-state index contributed by atoms with van der Waals surface area (Å²) in [5.41, 5.74) is 3.16. The molecule has 0 amide bonds. The van der Waals surface area contributed by atoms with Crippen molar-refractivity contribution < 1.29 is 28.2 Å². The van der Waals surface area contributed by atoms with Gasteiger partial charge in [-0.15, -0.1) is 0 Å². The standard InChI is InChI=1S/C40H44O6Si/c1-40(2,3)47(33-19-9-5-10-20-33,34-21-11-6-12-22-34)45-26-25-32-18-14-13-17-31(32)23-24-37(41)46-36-29-44-38-35(28-43-39(36)38)42-27-30-15-7-4-8-16-30/h4-24,35-36,38-39H,25-29H2,1-3H3/b24-23+/t35-,36+,38+,39+/m0/s1. The van der Waals surface area contributed by atoms with Crippen LogP contribution in [0.25, 0.3) is 6.08 Å². The zero-order chi connectivity index (χ0) is 32.7. The van der Waals surface area contributed by atoms with Crippen LogP contribution < -0.4 is 10.4 Å². The summed E-state index contributed by atoms with van der Waals surface area (Å²) in [5, 5.41) is 2.42. The maximum atomic E-state index is 13.0. The van der Waals surface area contributed by atoms with Gasteiger partial charge in [0.05, 0.1) is 19.8 Å². The molecule has 2 fully saturated rings. The number of carbonyl (C=O) groups is 1. The third kappa shape index (κ3) is 7.50. The fourth-order valence-corrected chi connectivity index (χ4v) is 11.4. The lowest BCUT2D eigenvalue weighted by atomic mass is 10.0. The summed E-state index contributed by atoms with van der Waals surface area (Å²) >= 11 is 0. The van der Waals surface area contributed by atoms with Crippen LogP contribution in [-0.4, -0.2) is 58.5 Å². The largest absolute Gasteiger partial charge is 0.454 e. The number of rotatable bonds is 12. The Morgan fingerprint density at radius 3 is 1.96 bits per heavy atom. The maximum Gasteiger partial charge on any atom is 0.331 e. The normalized spacial score (nSPS) is 21.2. The van der Waals surface area contributed by atoms with Crippen molar-refractivity contribution in [3.05, 3.63) is 138 Å². The van der Waals surface area contributed by atoms with Gasteiger partial charge >= 0.3 is 5.97 Å². The number of fused-ring (bicyclic) bond motifs is 1. The first-order valence-corrected chi connectivity index (χ1v) is 18.4. The monoisotopic (exact) mass is 648 g/mol. The van der Waals surface area contributed by atoms with Crippen LogP contribution in [0.1, 0.15) is 37.5 Å². The molecule has 2 saturated heterocycles. The molecule has 4 aromatic carbocycles. The van der Waals surface area contributed by atoms with Gasteiger partial charge < -0.3 is 23.4 Å². The van der Waals surface area contributed by atoms with E-state index in [4.69, 9.17) is 23.4 Å². The van der Waals surface area contributed by atoms with Crippen LogP contribution in [0.2, 0.25) is 5.04 Å². The van der Waals surface area contributed by atoms with Gasteiger partial charge in [-0.05, 0) is 44.6 Å². The van der Waals surface area contributed by atoms with Gasteiger partial charge in [-0.25, -0.2) is 4.79 Å². The summed E-state index contributed by atoms with van der Waals surface area (Å²) in [6, 6.07) is 39.5. The SMILES string of the molecule is CC(C)(C)[Si](OCCc1ccccc1/C=C/C(=O)O[C@@H]1CO[C@H]2[C@@H]1OC[C@@H]2OCc1ccccc1)(c1ccccc1)c1ccccc1. The topological polar surface area (TPSA) is 63.2 Å². The first-order valence-electron chi connectivity index (χ1n) is 16.5. The molecule has 0 bridgehead atoms. The molecule has 0 aromatic heterocycles. The van der Waals surface area contributed by atoms with Crippen LogP contribution in [0.5, 0.6) is 0 Å². The Bertz CT molecular complexity index is 1580. The fraction of sp³-hybridized carbons (Fsp3) is 0.325. The van der Waals surface area contributed by atoms with Gasteiger partial charge in [0.15, 0.2) is 6.10 Å². The molecule has 0 N–H and O–H groups in total. The van der Waals surface area contributed by atoms with E-state index < -0.39 is 20.4 Å². The van der Waals surface area contributed by atoms with E-state index in [1.54, 1.807) is 0 Å². The van der Waals surface area contributed by atoms with E-state index in [9.17, 15) is 4.79 Å². The van der Waals surface area contributed by atoms with Crippen molar-refractivity contribution in [2.45, 2.75) is 63.3 Å². The highest BCUT2D eigenvalue weighted by molar-refractivity contribution is 6.99. The lowest BCUT2D eigenvalue weighted by Gasteiger charge is -2.43. The third-order valence-electron chi connectivity index (χ3n) is 9.10. The van der Waals surface area contributed by atoms with Gasteiger partial charge in [0.1, 0.15) is 18.3 Å². The van der Waals surface area contributed by atoms with Crippen LogP contribution in [0, 0.1) is 0 Å². The molecule has 0 spiro atoms. The van der Waals surface area contributed by atoms with E-state index in [0.29, 0.717) is 26.2 Å². The van der Waals surface area contributed by atoms with Gasteiger partial charge in [0.25, 0.3) is 8.32 Å². The van der Waals surface area contributed by atoms with E-state index in [1.165, 1.54) is 16.4 Å². The zero-order valence-electron chi connectivity index (χ0n) is 27.4. The van der Waals surface area contributed by atoms with Crippen LogP contribution in [0.3, 0.4) is 0 Å². The summed E-state index contributed by atoms with van der Waals surface area (Å²) in [4.78, 5) is 13.0. The molecule has 6 nitrogen and oxygen atoms in total. The predicted octanol–water partition coefficient (Wildman–Crippen LogP) is 6.11. The minimum Gasteiger partial charge on any atom is -0.454 e. The molecule has 244 valence electrons. The molecule has 4 atom stereocenters. The number of hydrogen-bond donors (Lipinski definition) is 0. The lowest BCUT2D eigenvalue weighted by Crippen LogP contribution is -2.66. The average Bonchev–Trinajstić information content (AvgIpc) is 3.68. The first kappa shape index (κ1) is 33.1. The summed E-state index contributed by atoms with van der Waals surface area (Å²) in [6.45, 7) is 8.59. The van der Waals surface area contributed by atoms with Gasteiger partial charge in [0, 0.05) is 12.7 Å². The highest BCUT2D eigenvalue weighted by Gasteiger charge is 2.51. The van der Waals surface area contributed by atoms with E-state index in [0.717, 1.165) is 16.7 Å². The summed E-state index contributed by atoms with van der Waals surface area (Å²) in [6.07, 6.45) is 2.77. The van der Waals surface area contributed by atoms with E-state index in [-0.39, 0.29) is 30.0 Å². The highest BCUT2D eigenvalue weighted by atomic mass is 28.4. The average molecular weight is 649 g/mol. The van der Waals surface area contributed by atoms with E-state index in [1.807, 2.05) is 54.6 Å². The fourth-order valence-electron chi connectivity index (χ4n) is 6.80. The molecule has 4 aromatic rings. The Balaban J connectivity index is 1.08. The second-order valence-electron chi connectivity index (χ2n) is 13.2. The molecule has 0 saturated carbocycles. The number of ether oxygens (including phenoxy) is 4. The number of hydrogen-bond acceptors (Lipinski definition) is 6.